The van der Waals surface area contributed by atoms with Gasteiger partial charge in [-0.3, -0.25) is 14.3 Å². The number of nitrogens with one attached hydrogen (secondary N) is 2. The summed E-state index contributed by atoms with van der Waals surface area (Å²) in [5, 5.41) is 10.7. The molecule has 1 aliphatic carbocycles. The molecule has 1 aliphatic rings. The molecule has 1 saturated carbocycles. The highest BCUT2D eigenvalue weighted by Gasteiger charge is 2.28. The van der Waals surface area contributed by atoms with Crippen LogP contribution in [0.3, 0.4) is 0 Å². The zero-order chi connectivity index (χ0) is 22.4. The van der Waals surface area contributed by atoms with Crippen molar-refractivity contribution in [3.63, 3.8) is 0 Å². The van der Waals surface area contributed by atoms with Crippen LogP contribution in [0.2, 0.25) is 0 Å². The molecule has 3 rings (SSSR count). The Bertz CT molecular complexity index is 882. The van der Waals surface area contributed by atoms with Crippen LogP contribution in [0.5, 0.6) is 0 Å². The standard InChI is InChI=1S/C25H36N4O2/c1-17(2)23(27-24(30)21-13-9-6-10-14-21)25(31)26-15-22-18(3)28-29(19(22)4)16-20-11-7-5-8-12-20/h5,7-8,11-12,17,21,23H,6,9-10,13-16H2,1-4H3,(H,26,31)(H,27,30). The van der Waals surface area contributed by atoms with E-state index >= 15 is 0 Å². The van der Waals surface area contributed by atoms with Gasteiger partial charge in [0, 0.05) is 23.7 Å². The average Bonchev–Trinajstić information content (AvgIpc) is 3.03. The molecule has 1 unspecified atom stereocenters. The van der Waals surface area contributed by atoms with Crippen LogP contribution in [0.4, 0.5) is 0 Å². The van der Waals surface area contributed by atoms with Crippen molar-refractivity contribution >= 4 is 11.8 Å². The fraction of sp³-hybridized carbons (Fsp3) is 0.560. The molecule has 1 aromatic heterocycles. The summed E-state index contributed by atoms with van der Waals surface area (Å²) in [6.45, 7) is 9.07. The van der Waals surface area contributed by atoms with Crippen LogP contribution in [0.15, 0.2) is 30.3 Å². The molecule has 0 spiro atoms. The second-order valence-electron chi connectivity index (χ2n) is 9.08. The van der Waals surface area contributed by atoms with Crippen LogP contribution in [0.1, 0.15) is 68.5 Å². The lowest BCUT2D eigenvalue weighted by Crippen LogP contribution is -2.51. The van der Waals surface area contributed by atoms with Gasteiger partial charge in [-0.1, -0.05) is 63.4 Å². The molecule has 2 aromatic rings. The number of aryl methyl sites for hydroxylation is 1. The fourth-order valence-corrected chi connectivity index (χ4v) is 4.36. The smallest absolute Gasteiger partial charge is 0.243 e. The Morgan fingerprint density at radius 1 is 1.10 bits per heavy atom. The number of aromatic nitrogens is 2. The Morgan fingerprint density at radius 3 is 2.42 bits per heavy atom. The summed E-state index contributed by atoms with van der Waals surface area (Å²) in [5.41, 5.74) is 4.19. The minimum absolute atomic E-state index is 0.0236. The van der Waals surface area contributed by atoms with Crippen LogP contribution in [-0.4, -0.2) is 27.6 Å². The molecule has 168 valence electrons. The van der Waals surface area contributed by atoms with Crippen LogP contribution in [-0.2, 0) is 22.7 Å². The quantitative estimate of drug-likeness (QED) is 0.675. The predicted octanol–water partition coefficient (Wildman–Crippen LogP) is 3.89. The summed E-state index contributed by atoms with van der Waals surface area (Å²) in [4.78, 5) is 25.6. The molecule has 1 heterocycles. The van der Waals surface area contributed by atoms with Crippen molar-refractivity contribution in [1.29, 1.82) is 0 Å². The Labute approximate surface area is 185 Å². The summed E-state index contributed by atoms with van der Waals surface area (Å²) in [6.07, 6.45) is 5.26. The first-order chi connectivity index (χ1) is 14.9. The van der Waals surface area contributed by atoms with Crippen molar-refractivity contribution < 1.29 is 9.59 Å². The number of rotatable bonds is 8. The van der Waals surface area contributed by atoms with Gasteiger partial charge in [-0.25, -0.2) is 0 Å². The van der Waals surface area contributed by atoms with Crippen LogP contribution in [0.25, 0.3) is 0 Å². The van der Waals surface area contributed by atoms with Crippen molar-refractivity contribution in [3.8, 4) is 0 Å². The molecule has 0 bridgehead atoms. The van der Waals surface area contributed by atoms with Crippen molar-refractivity contribution in [3.05, 3.63) is 52.8 Å². The van der Waals surface area contributed by atoms with Crippen molar-refractivity contribution in [2.24, 2.45) is 11.8 Å². The third kappa shape index (κ3) is 5.96. The molecule has 6 heteroatoms. The molecule has 2 N–H and O–H groups in total. The Hall–Kier alpha value is -2.63. The van der Waals surface area contributed by atoms with Gasteiger partial charge >= 0.3 is 0 Å². The minimum Gasteiger partial charge on any atom is -0.350 e. The molecule has 0 saturated heterocycles. The predicted molar refractivity (Wildman–Crippen MR) is 122 cm³/mol. The minimum atomic E-state index is -0.519. The van der Waals surface area contributed by atoms with E-state index in [1.807, 2.05) is 50.6 Å². The maximum Gasteiger partial charge on any atom is 0.243 e. The highest BCUT2D eigenvalue weighted by atomic mass is 16.2. The molecular formula is C25H36N4O2. The van der Waals surface area contributed by atoms with Crippen LogP contribution >= 0.6 is 0 Å². The monoisotopic (exact) mass is 424 g/mol. The van der Waals surface area contributed by atoms with Gasteiger partial charge in [0.25, 0.3) is 0 Å². The lowest BCUT2D eigenvalue weighted by Gasteiger charge is -2.26. The van der Waals surface area contributed by atoms with Crippen LogP contribution in [0, 0.1) is 25.7 Å². The lowest BCUT2D eigenvalue weighted by molar-refractivity contribution is -0.132. The van der Waals surface area contributed by atoms with E-state index in [-0.39, 0.29) is 23.7 Å². The van der Waals surface area contributed by atoms with E-state index in [2.05, 4.69) is 27.9 Å². The third-order valence-corrected chi connectivity index (χ3v) is 6.37. The van der Waals surface area contributed by atoms with Gasteiger partial charge in [-0.2, -0.15) is 5.10 Å². The van der Waals surface area contributed by atoms with Crippen molar-refractivity contribution in [1.82, 2.24) is 20.4 Å². The number of hydrogen-bond acceptors (Lipinski definition) is 3. The van der Waals surface area contributed by atoms with Crippen molar-refractivity contribution in [2.45, 2.75) is 78.9 Å². The molecule has 0 radical (unpaired) electrons. The zero-order valence-corrected chi connectivity index (χ0v) is 19.3. The van der Waals surface area contributed by atoms with Gasteiger partial charge in [0.2, 0.25) is 11.8 Å². The summed E-state index contributed by atoms with van der Waals surface area (Å²) < 4.78 is 1.98. The average molecular weight is 425 g/mol. The number of hydrogen-bond donors (Lipinski definition) is 2. The summed E-state index contributed by atoms with van der Waals surface area (Å²) in [5.74, 6) is -0.0376. The second-order valence-corrected chi connectivity index (χ2v) is 9.08. The second kappa shape index (κ2) is 10.6. The van der Waals surface area contributed by atoms with Gasteiger partial charge in [-0.15, -0.1) is 0 Å². The first-order valence-corrected chi connectivity index (χ1v) is 11.5. The summed E-state index contributed by atoms with van der Waals surface area (Å²) in [6, 6.07) is 9.70. The van der Waals surface area contributed by atoms with Gasteiger partial charge < -0.3 is 10.6 Å². The largest absolute Gasteiger partial charge is 0.350 e. The van der Waals surface area contributed by atoms with E-state index in [1.165, 1.54) is 12.0 Å². The van der Waals surface area contributed by atoms with Gasteiger partial charge in [0.05, 0.1) is 12.2 Å². The summed E-state index contributed by atoms with van der Waals surface area (Å²) >= 11 is 0. The van der Waals surface area contributed by atoms with Gasteiger partial charge in [0.1, 0.15) is 6.04 Å². The molecular weight excluding hydrogens is 388 g/mol. The highest BCUT2D eigenvalue weighted by Crippen LogP contribution is 2.24. The van der Waals surface area contributed by atoms with E-state index in [0.717, 1.165) is 42.6 Å². The Balaban J connectivity index is 1.62. The Kier molecular flexibility index (Phi) is 7.88. The molecule has 2 amide bonds. The van der Waals surface area contributed by atoms with Crippen molar-refractivity contribution in [2.75, 3.05) is 0 Å². The van der Waals surface area contributed by atoms with E-state index in [0.29, 0.717) is 13.1 Å². The van der Waals surface area contributed by atoms with E-state index in [1.54, 1.807) is 0 Å². The third-order valence-electron chi connectivity index (χ3n) is 6.37. The molecule has 0 aliphatic heterocycles. The lowest BCUT2D eigenvalue weighted by atomic mass is 9.88. The molecule has 6 nitrogen and oxygen atoms in total. The number of nitrogens with zero attached hydrogens (tertiary/aromatic N) is 2. The first kappa shape index (κ1) is 23.0. The fourth-order valence-electron chi connectivity index (χ4n) is 4.36. The first-order valence-electron chi connectivity index (χ1n) is 11.5. The van der Waals surface area contributed by atoms with Crippen LogP contribution < -0.4 is 10.6 Å². The highest BCUT2D eigenvalue weighted by molar-refractivity contribution is 5.88. The topological polar surface area (TPSA) is 76.0 Å². The summed E-state index contributed by atoms with van der Waals surface area (Å²) in [7, 11) is 0. The number of carbonyl (C=O) groups excluding carboxylic acids is 2. The number of carbonyl (C=O) groups is 2. The normalized spacial score (nSPS) is 15.6. The Morgan fingerprint density at radius 2 is 1.77 bits per heavy atom. The number of benzene rings is 1. The molecule has 1 aromatic carbocycles. The van der Waals surface area contributed by atoms with E-state index in [9.17, 15) is 9.59 Å². The van der Waals surface area contributed by atoms with Gasteiger partial charge in [-0.05, 0) is 38.2 Å². The maximum absolute atomic E-state index is 12.9. The van der Waals surface area contributed by atoms with E-state index in [4.69, 9.17) is 0 Å². The molecule has 1 fully saturated rings. The van der Waals surface area contributed by atoms with Gasteiger partial charge in [0.15, 0.2) is 0 Å². The number of amides is 2. The molecule has 31 heavy (non-hydrogen) atoms. The zero-order valence-electron chi connectivity index (χ0n) is 19.3. The van der Waals surface area contributed by atoms with E-state index < -0.39 is 6.04 Å². The maximum atomic E-state index is 12.9. The SMILES string of the molecule is Cc1nn(Cc2ccccc2)c(C)c1CNC(=O)C(NC(=O)C1CCCCC1)C(C)C. The molecule has 1 atom stereocenters.